The first-order chi connectivity index (χ1) is 33.0. The lowest BCUT2D eigenvalue weighted by Crippen LogP contribution is -2.30. The molecular formula is C61H112O6. The molecule has 0 aromatic rings. The van der Waals surface area contributed by atoms with Crippen LogP contribution in [0.1, 0.15) is 316 Å². The van der Waals surface area contributed by atoms with Crippen LogP contribution in [0.4, 0.5) is 0 Å². The van der Waals surface area contributed by atoms with E-state index in [1.165, 1.54) is 205 Å². The van der Waals surface area contributed by atoms with Crippen LogP contribution in [0.5, 0.6) is 0 Å². The molecule has 0 bridgehead atoms. The van der Waals surface area contributed by atoms with E-state index in [9.17, 15) is 14.4 Å². The van der Waals surface area contributed by atoms with E-state index < -0.39 is 6.10 Å². The van der Waals surface area contributed by atoms with Gasteiger partial charge in [-0.15, -0.1) is 0 Å². The number of rotatable bonds is 54. The highest BCUT2D eigenvalue weighted by Crippen LogP contribution is 2.17. The largest absolute Gasteiger partial charge is 0.462 e. The average Bonchev–Trinajstić information content (AvgIpc) is 3.33. The molecule has 0 aromatic carbocycles. The number of carbonyl (C=O) groups excluding carboxylic acids is 3. The van der Waals surface area contributed by atoms with Gasteiger partial charge in [-0.2, -0.15) is 0 Å². The molecule has 6 nitrogen and oxygen atoms in total. The molecule has 0 saturated carbocycles. The van der Waals surface area contributed by atoms with Crippen molar-refractivity contribution in [2.24, 2.45) is 0 Å². The number of hydrogen-bond acceptors (Lipinski definition) is 6. The molecule has 0 amide bonds. The molecule has 0 aliphatic heterocycles. The van der Waals surface area contributed by atoms with Gasteiger partial charge in [0.2, 0.25) is 0 Å². The van der Waals surface area contributed by atoms with Crippen LogP contribution < -0.4 is 0 Å². The molecule has 0 rings (SSSR count). The standard InChI is InChI=1S/C61H112O6/c1-4-7-10-13-16-19-22-24-26-28-30-32-34-36-39-42-45-48-51-54-60(63)66-57-58(56-65-59(62)53-50-47-44-41-38-21-18-15-12-9-6-3)67-61(64)55-52-49-46-43-40-37-35-33-31-29-27-25-23-20-17-14-11-8-5-2/h15-16,18-19,24,26,58H,4-14,17,20-23,25,27-57H2,1-3H3/b18-15-,19-16-,26-24-. The molecule has 0 heterocycles. The number of unbranched alkanes of at least 4 members (excludes halogenated alkanes) is 37. The Morgan fingerprint density at radius 1 is 0.299 bits per heavy atom. The summed E-state index contributed by atoms with van der Waals surface area (Å²) in [7, 11) is 0. The summed E-state index contributed by atoms with van der Waals surface area (Å²) in [6, 6.07) is 0. The van der Waals surface area contributed by atoms with Gasteiger partial charge < -0.3 is 14.2 Å². The summed E-state index contributed by atoms with van der Waals surface area (Å²) in [5.41, 5.74) is 0. The normalized spacial score (nSPS) is 12.2. The van der Waals surface area contributed by atoms with Crippen molar-refractivity contribution >= 4 is 17.9 Å². The Hall–Kier alpha value is -2.37. The van der Waals surface area contributed by atoms with Crippen LogP contribution in [0.2, 0.25) is 0 Å². The zero-order valence-corrected chi connectivity index (χ0v) is 44.9. The Kier molecular flexibility index (Phi) is 54.2. The number of esters is 3. The van der Waals surface area contributed by atoms with E-state index in [0.29, 0.717) is 19.3 Å². The molecule has 0 radical (unpaired) electrons. The summed E-state index contributed by atoms with van der Waals surface area (Å²) >= 11 is 0. The second-order valence-corrected chi connectivity index (χ2v) is 19.9. The van der Waals surface area contributed by atoms with E-state index in [4.69, 9.17) is 14.2 Å². The first kappa shape index (κ1) is 64.6. The van der Waals surface area contributed by atoms with Gasteiger partial charge in [-0.05, 0) is 70.6 Å². The first-order valence-corrected chi connectivity index (χ1v) is 29.5. The number of ether oxygens (including phenoxy) is 3. The maximum absolute atomic E-state index is 12.9. The topological polar surface area (TPSA) is 78.9 Å². The smallest absolute Gasteiger partial charge is 0.306 e. The predicted octanol–water partition coefficient (Wildman–Crippen LogP) is 19.7. The van der Waals surface area contributed by atoms with Gasteiger partial charge in [-0.3, -0.25) is 14.4 Å². The van der Waals surface area contributed by atoms with Crippen LogP contribution >= 0.6 is 0 Å². The van der Waals surface area contributed by atoms with E-state index in [1.54, 1.807) is 0 Å². The van der Waals surface area contributed by atoms with E-state index >= 15 is 0 Å². The Bertz CT molecular complexity index is 1130. The van der Waals surface area contributed by atoms with Gasteiger partial charge in [-0.25, -0.2) is 0 Å². The SMILES string of the molecule is CCCC/C=C\CCCCCCCC(=O)OCC(COC(=O)CCCCCCCCCCC/C=C\C/C=C\CCCCC)OC(=O)CCCCCCCCCCCCCCCCCCCCC. The number of carbonyl (C=O) groups is 3. The third kappa shape index (κ3) is 54.4. The molecule has 1 unspecified atom stereocenters. The van der Waals surface area contributed by atoms with Gasteiger partial charge >= 0.3 is 17.9 Å². The van der Waals surface area contributed by atoms with Crippen molar-refractivity contribution in [3.8, 4) is 0 Å². The third-order valence-corrected chi connectivity index (χ3v) is 13.1. The molecule has 0 saturated heterocycles. The van der Waals surface area contributed by atoms with Gasteiger partial charge in [0.05, 0.1) is 0 Å². The highest BCUT2D eigenvalue weighted by molar-refractivity contribution is 5.71. The lowest BCUT2D eigenvalue weighted by atomic mass is 10.0. The highest BCUT2D eigenvalue weighted by Gasteiger charge is 2.19. The van der Waals surface area contributed by atoms with E-state index in [0.717, 1.165) is 70.6 Å². The molecule has 0 spiro atoms. The quantitative estimate of drug-likeness (QED) is 0.0262. The van der Waals surface area contributed by atoms with Crippen LogP contribution in [0.3, 0.4) is 0 Å². The molecule has 0 aliphatic carbocycles. The summed E-state index contributed by atoms with van der Waals surface area (Å²) in [4.78, 5) is 38.1. The monoisotopic (exact) mass is 941 g/mol. The zero-order chi connectivity index (χ0) is 48.6. The molecular weight excluding hydrogens is 829 g/mol. The first-order valence-electron chi connectivity index (χ1n) is 29.5. The van der Waals surface area contributed by atoms with Crippen molar-refractivity contribution in [2.45, 2.75) is 322 Å². The van der Waals surface area contributed by atoms with Crippen molar-refractivity contribution in [1.29, 1.82) is 0 Å². The minimum absolute atomic E-state index is 0.0735. The van der Waals surface area contributed by atoms with Gasteiger partial charge in [0, 0.05) is 19.3 Å². The molecule has 0 aliphatic rings. The summed E-state index contributed by atoms with van der Waals surface area (Å²) in [5, 5.41) is 0. The second kappa shape index (κ2) is 56.2. The molecule has 0 N–H and O–H groups in total. The highest BCUT2D eigenvalue weighted by atomic mass is 16.6. The average molecular weight is 942 g/mol. The van der Waals surface area contributed by atoms with E-state index in [-0.39, 0.29) is 31.1 Å². The maximum Gasteiger partial charge on any atom is 0.306 e. The maximum atomic E-state index is 12.9. The Morgan fingerprint density at radius 2 is 0.552 bits per heavy atom. The molecule has 67 heavy (non-hydrogen) atoms. The minimum atomic E-state index is -0.774. The third-order valence-electron chi connectivity index (χ3n) is 13.1. The second-order valence-electron chi connectivity index (χ2n) is 19.9. The van der Waals surface area contributed by atoms with Crippen molar-refractivity contribution in [2.75, 3.05) is 13.2 Å². The zero-order valence-electron chi connectivity index (χ0n) is 44.9. The molecule has 1 atom stereocenters. The molecule has 392 valence electrons. The van der Waals surface area contributed by atoms with Crippen LogP contribution in [0.15, 0.2) is 36.5 Å². The van der Waals surface area contributed by atoms with Gasteiger partial charge in [0.25, 0.3) is 0 Å². The van der Waals surface area contributed by atoms with Crippen LogP contribution in [-0.4, -0.2) is 37.2 Å². The Balaban J connectivity index is 4.28. The summed E-state index contributed by atoms with van der Waals surface area (Å²) in [6.45, 7) is 6.61. The van der Waals surface area contributed by atoms with E-state index in [2.05, 4.69) is 57.2 Å². The summed E-state index contributed by atoms with van der Waals surface area (Å²) in [6.07, 6.45) is 67.1. The van der Waals surface area contributed by atoms with Crippen molar-refractivity contribution in [3.63, 3.8) is 0 Å². The minimum Gasteiger partial charge on any atom is -0.462 e. The summed E-state index contributed by atoms with van der Waals surface area (Å²) < 4.78 is 16.9. The summed E-state index contributed by atoms with van der Waals surface area (Å²) in [5.74, 6) is -0.869. The van der Waals surface area contributed by atoms with Gasteiger partial charge in [0.15, 0.2) is 6.10 Å². The van der Waals surface area contributed by atoms with Crippen molar-refractivity contribution < 1.29 is 28.6 Å². The van der Waals surface area contributed by atoms with Gasteiger partial charge in [-0.1, -0.05) is 263 Å². The van der Waals surface area contributed by atoms with Crippen molar-refractivity contribution in [3.05, 3.63) is 36.5 Å². The van der Waals surface area contributed by atoms with Crippen molar-refractivity contribution in [1.82, 2.24) is 0 Å². The lowest BCUT2D eigenvalue weighted by Gasteiger charge is -2.18. The van der Waals surface area contributed by atoms with Crippen LogP contribution in [-0.2, 0) is 28.6 Å². The fourth-order valence-corrected chi connectivity index (χ4v) is 8.63. The van der Waals surface area contributed by atoms with Gasteiger partial charge in [0.1, 0.15) is 13.2 Å². The molecule has 6 heteroatoms. The number of allylic oxidation sites excluding steroid dienone is 6. The Morgan fingerprint density at radius 3 is 0.910 bits per heavy atom. The number of hydrogen-bond donors (Lipinski definition) is 0. The molecule has 0 fully saturated rings. The lowest BCUT2D eigenvalue weighted by molar-refractivity contribution is -0.167. The fraction of sp³-hybridized carbons (Fsp3) is 0.852. The van der Waals surface area contributed by atoms with Crippen LogP contribution in [0, 0.1) is 0 Å². The predicted molar refractivity (Wildman–Crippen MR) is 289 cm³/mol. The Labute approximate surface area is 416 Å². The van der Waals surface area contributed by atoms with Crippen LogP contribution in [0.25, 0.3) is 0 Å². The fourth-order valence-electron chi connectivity index (χ4n) is 8.63. The molecule has 0 aromatic heterocycles. The van der Waals surface area contributed by atoms with E-state index in [1.807, 2.05) is 0 Å².